The van der Waals surface area contributed by atoms with E-state index in [2.05, 4.69) is 21.4 Å². The average molecular weight is 435 g/mol. The number of benzene rings is 2. The molecule has 1 saturated carbocycles. The van der Waals surface area contributed by atoms with E-state index in [1.165, 1.54) is 18.4 Å². The third-order valence-electron chi connectivity index (χ3n) is 6.18. The molecule has 0 radical (unpaired) electrons. The van der Waals surface area contributed by atoms with Crippen LogP contribution < -0.4 is 4.74 Å². The van der Waals surface area contributed by atoms with Gasteiger partial charge in [-0.3, -0.25) is 0 Å². The quantitative estimate of drug-likeness (QED) is 0.652. The van der Waals surface area contributed by atoms with Gasteiger partial charge in [-0.05, 0) is 55.5 Å². The lowest BCUT2D eigenvalue weighted by atomic mass is 9.63. The van der Waals surface area contributed by atoms with Gasteiger partial charge in [0.25, 0.3) is 0 Å². The predicted octanol–water partition coefficient (Wildman–Crippen LogP) is 5.36. The van der Waals surface area contributed by atoms with Crippen LogP contribution in [0, 0.1) is 0 Å². The summed E-state index contributed by atoms with van der Waals surface area (Å²) in [5.41, 5.74) is 1.11. The Kier molecular flexibility index (Phi) is 4.65. The van der Waals surface area contributed by atoms with Crippen molar-refractivity contribution in [3.63, 3.8) is 0 Å². The van der Waals surface area contributed by atoms with Crippen molar-refractivity contribution in [1.29, 1.82) is 0 Å². The summed E-state index contributed by atoms with van der Waals surface area (Å²) in [5, 5.41) is 0.976. The van der Waals surface area contributed by atoms with Crippen molar-refractivity contribution in [2.75, 3.05) is 12.3 Å². The smallest absolute Gasteiger partial charge is 0.142 e. The monoisotopic (exact) mass is 434 g/mol. The number of fused-ring (bicyclic) bond motifs is 2. The molecular formula is C21H20Cl2N2O2S. The second kappa shape index (κ2) is 7.05. The maximum absolute atomic E-state index is 12.1. The molecule has 28 heavy (non-hydrogen) atoms. The number of hydrogen-bond acceptors (Lipinski definition) is 3. The number of piperidine rings is 2. The summed E-state index contributed by atoms with van der Waals surface area (Å²) in [7, 11) is -1.10. The van der Waals surface area contributed by atoms with Gasteiger partial charge in [-0.1, -0.05) is 35.3 Å². The third kappa shape index (κ3) is 3.04. The van der Waals surface area contributed by atoms with E-state index in [1.807, 2.05) is 12.1 Å². The van der Waals surface area contributed by atoms with Crippen molar-refractivity contribution in [3.05, 3.63) is 58.1 Å². The summed E-state index contributed by atoms with van der Waals surface area (Å²) in [5.74, 6) is 3.08. The SMILES string of the molecule is O=S1CCN2C(=N1)C1(c3ccc(Oc4ccc(Cl)c(Cl)c4)cc3)CCC2CC1. The molecule has 3 heterocycles. The zero-order chi connectivity index (χ0) is 19.3. The fraction of sp³-hybridized carbons (Fsp3) is 0.381. The van der Waals surface area contributed by atoms with Gasteiger partial charge < -0.3 is 9.64 Å². The Morgan fingerprint density at radius 2 is 1.75 bits per heavy atom. The van der Waals surface area contributed by atoms with Gasteiger partial charge in [-0.15, -0.1) is 0 Å². The van der Waals surface area contributed by atoms with Crippen LogP contribution in [0.15, 0.2) is 46.9 Å². The molecule has 2 bridgehead atoms. The van der Waals surface area contributed by atoms with Crippen LogP contribution in [-0.4, -0.2) is 33.3 Å². The van der Waals surface area contributed by atoms with E-state index in [0.717, 1.165) is 31.0 Å². The zero-order valence-electron chi connectivity index (χ0n) is 15.2. The second-order valence-electron chi connectivity index (χ2n) is 7.65. The highest BCUT2D eigenvalue weighted by molar-refractivity contribution is 7.83. The number of halogens is 2. The molecule has 146 valence electrons. The second-order valence-corrected chi connectivity index (χ2v) is 9.70. The summed E-state index contributed by atoms with van der Waals surface area (Å²) < 4.78 is 22.7. The minimum absolute atomic E-state index is 0.118. The van der Waals surface area contributed by atoms with E-state index in [9.17, 15) is 4.21 Å². The van der Waals surface area contributed by atoms with Gasteiger partial charge >= 0.3 is 0 Å². The van der Waals surface area contributed by atoms with Gasteiger partial charge in [0.15, 0.2) is 0 Å². The lowest BCUT2D eigenvalue weighted by Gasteiger charge is -2.55. The molecule has 0 aromatic heterocycles. The van der Waals surface area contributed by atoms with Gasteiger partial charge in [0.05, 0.1) is 21.2 Å². The first kappa shape index (κ1) is 18.5. The van der Waals surface area contributed by atoms with Crippen LogP contribution in [0.1, 0.15) is 31.2 Å². The molecule has 1 unspecified atom stereocenters. The molecule has 6 rings (SSSR count). The van der Waals surface area contributed by atoms with Crippen molar-refractivity contribution in [3.8, 4) is 11.5 Å². The summed E-state index contributed by atoms with van der Waals surface area (Å²) in [6, 6.07) is 14.0. The maximum Gasteiger partial charge on any atom is 0.142 e. The van der Waals surface area contributed by atoms with E-state index >= 15 is 0 Å². The van der Waals surface area contributed by atoms with Gasteiger partial charge in [0.1, 0.15) is 28.3 Å². The number of amidine groups is 1. The molecule has 7 heteroatoms. The van der Waals surface area contributed by atoms with Crippen molar-refractivity contribution < 1.29 is 8.95 Å². The summed E-state index contributed by atoms with van der Waals surface area (Å²) in [6.07, 6.45) is 4.48. The number of hydrogen-bond donors (Lipinski definition) is 0. The highest BCUT2D eigenvalue weighted by atomic mass is 35.5. The van der Waals surface area contributed by atoms with Crippen molar-refractivity contribution >= 4 is 40.0 Å². The molecule has 2 saturated heterocycles. The molecule has 2 aromatic rings. The molecule has 4 aliphatic rings. The van der Waals surface area contributed by atoms with Gasteiger partial charge in [0.2, 0.25) is 0 Å². The summed E-state index contributed by atoms with van der Waals surface area (Å²) in [4.78, 5) is 2.41. The fourth-order valence-electron chi connectivity index (χ4n) is 4.76. The van der Waals surface area contributed by atoms with E-state index in [4.69, 9.17) is 27.9 Å². The normalized spacial score (nSPS) is 28.6. The van der Waals surface area contributed by atoms with Crippen LogP contribution in [0.2, 0.25) is 10.0 Å². The predicted molar refractivity (Wildman–Crippen MR) is 114 cm³/mol. The number of ether oxygens (including phenoxy) is 1. The van der Waals surface area contributed by atoms with E-state index in [1.54, 1.807) is 18.2 Å². The Balaban J connectivity index is 1.44. The molecule has 4 nitrogen and oxygen atoms in total. The Hall–Kier alpha value is -1.56. The lowest BCUT2D eigenvalue weighted by Crippen LogP contribution is -2.62. The minimum atomic E-state index is -1.10. The van der Waals surface area contributed by atoms with Crippen LogP contribution >= 0.6 is 23.2 Å². The van der Waals surface area contributed by atoms with Crippen molar-refractivity contribution in [1.82, 2.24) is 4.90 Å². The standard InChI is InChI=1S/C21H20Cl2N2O2S/c22-18-6-5-17(13-19(18)23)27-16-3-1-14(2-4-16)21-9-7-15(8-10-21)25-11-12-28(26)24-20(21)25/h1-6,13,15H,7-12H2. The molecule has 0 spiro atoms. The molecule has 1 aliphatic carbocycles. The molecule has 0 amide bonds. The third-order valence-corrected chi connectivity index (χ3v) is 7.83. The first-order valence-electron chi connectivity index (χ1n) is 9.53. The van der Waals surface area contributed by atoms with Crippen LogP contribution in [-0.2, 0) is 16.4 Å². The number of rotatable bonds is 3. The molecule has 2 aromatic carbocycles. The first-order valence-corrected chi connectivity index (χ1v) is 11.6. The number of nitrogens with zero attached hydrogens (tertiary/aromatic N) is 2. The van der Waals surface area contributed by atoms with Crippen LogP contribution in [0.25, 0.3) is 0 Å². The zero-order valence-corrected chi connectivity index (χ0v) is 17.6. The van der Waals surface area contributed by atoms with E-state index < -0.39 is 11.0 Å². The average Bonchev–Trinajstić information content (AvgIpc) is 2.72. The fourth-order valence-corrected chi connectivity index (χ4v) is 5.97. The minimum Gasteiger partial charge on any atom is -0.457 e. The van der Waals surface area contributed by atoms with Crippen molar-refractivity contribution in [2.45, 2.75) is 37.1 Å². The van der Waals surface area contributed by atoms with Gasteiger partial charge in [-0.25, -0.2) is 4.21 Å². The topological polar surface area (TPSA) is 41.9 Å². The molecule has 3 aliphatic heterocycles. The van der Waals surface area contributed by atoms with Gasteiger partial charge in [-0.2, -0.15) is 4.40 Å². The Morgan fingerprint density at radius 1 is 1.04 bits per heavy atom. The van der Waals surface area contributed by atoms with Crippen LogP contribution in [0.5, 0.6) is 11.5 Å². The lowest BCUT2D eigenvalue weighted by molar-refractivity contribution is 0.152. The first-order chi connectivity index (χ1) is 13.5. The molecule has 0 N–H and O–H groups in total. The highest BCUT2D eigenvalue weighted by Gasteiger charge is 2.51. The maximum atomic E-state index is 12.1. The van der Waals surface area contributed by atoms with Crippen molar-refractivity contribution in [2.24, 2.45) is 4.40 Å². The Morgan fingerprint density at radius 3 is 2.46 bits per heavy atom. The molecular weight excluding hydrogens is 415 g/mol. The Labute approximate surface area is 177 Å². The van der Waals surface area contributed by atoms with Crippen LogP contribution in [0.4, 0.5) is 0 Å². The largest absolute Gasteiger partial charge is 0.457 e. The van der Waals surface area contributed by atoms with Gasteiger partial charge in [0, 0.05) is 18.7 Å². The van der Waals surface area contributed by atoms with Crippen LogP contribution in [0.3, 0.4) is 0 Å². The Bertz CT molecular complexity index is 969. The van der Waals surface area contributed by atoms with E-state index in [0.29, 0.717) is 27.6 Å². The molecule has 1 atom stereocenters. The summed E-state index contributed by atoms with van der Waals surface area (Å²) in [6.45, 7) is 0.858. The summed E-state index contributed by atoms with van der Waals surface area (Å²) >= 11 is 12.0. The van der Waals surface area contributed by atoms with E-state index in [-0.39, 0.29) is 5.41 Å². The molecule has 3 fully saturated rings. The highest BCUT2D eigenvalue weighted by Crippen LogP contribution is 2.49.